The molecular formula is C27H28F4N4O3. The number of likely N-dealkylation sites (tertiary alicyclic amines) is 1. The fraction of sp³-hybridized carbons (Fsp3) is 0.370. The van der Waals surface area contributed by atoms with Gasteiger partial charge < -0.3 is 15.0 Å². The fourth-order valence-electron chi connectivity index (χ4n) is 4.42. The van der Waals surface area contributed by atoms with Crippen molar-refractivity contribution in [2.75, 3.05) is 18.4 Å². The molecule has 3 aromatic rings. The van der Waals surface area contributed by atoms with Gasteiger partial charge in [-0.25, -0.2) is 27.0 Å². The molecule has 2 amide bonds. The molecule has 38 heavy (non-hydrogen) atoms. The van der Waals surface area contributed by atoms with E-state index in [9.17, 15) is 27.2 Å². The molecule has 7 nitrogen and oxygen atoms in total. The Hall–Kier alpha value is -3.89. The summed E-state index contributed by atoms with van der Waals surface area (Å²) in [5.41, 5.74) is 0.169. The van der Waals surface area contributed by atoms with Crippen LogP contribution in [0.5, 0.6) is 0 Å². The van der Waals surface area contributed by atoms with Crippen LogP contribution in [0.15, 0.2) is 36.5 Å². The van der Waals surface area contributed by atoms with Crippen molar-refractivity contribution in [2.24, 2.45) is 0 Å². The zero-order valence-electron chi connectivity index (χ0n) is 21.4. The third-order valence-electron chi connectivity index (χ3n) is 6.18. The molecule has 0 bridgehead atoms. The number of hydrogen-bond acceptors (Lipinski definition) is 4. The van der Waals surface area contributed by atoms with Gasteiger partial charge in [-0.15, -0.1) is 0 Å². The van der Waals surface area contributed by atoms with Crippen LogP contribution in [0.25, 0.3) is 5.69 Å². The number of carbonyl (C=O) groups is 2. The van der Waals surface area contributed by atoms with Gasteiger partial charge in [0.25, 0.3) is 5.91 Å². The number of carbonyl (C=O) groups excluding carboxylic acids is 2. The van der Waals surface area contributed by atoms with Crippen molar-refractivity contribution in [1.82, 2.24) is 14.7 Å². The van der Waals surface area contributed by atoms with Crippen molar-refractivity contribution in [3.63, 3.8) is 0 Å². The van der Waals surface area contributed by atoms with Crippen molar-refractivity contribution >= 4 is 17.7 Å². The number of nitrogens with one attached hydrogen (secondary N) is 1. The highest BCUT2D eigenvalue weighted by Gasteiger charge is 2.33. The van der Waals surface area contributed by atoms with Gasteiger partial charge in [-0.2, -0.15) is 5.10 Å². The van der Waals surface area contributed by atoms with E-state index in [-0.39, 0.29) is 17.5 Å². The number of aromatic nitrogens is 2. The summed E-state index contributed by atoms with van der Waals surface area (Å²) in [6.07, 6.45) is 1.71. The lowest BCUT2D eigenvalue weighted by Crippen LogP contribution is -2.41. The second-order valence-corrected chi connectivity index (χ2v) is 10.2. The number of ether oxygens (including phenoxy) is 1. The van der Waals surface area contributed by atoms with Crippen molar-refractivity contribution in [1.29, 1.82) is 0 Å². The summed E-state index contributed by atoms with van der Waals surface area (Å²) < 4.78 is 63.0. The number of amides is 2. The first-order valence-corrected chi connectivity index (χ1v) is 12.1. The lowest BCUT2D eigenvalue weighted by molar-refractivity contribution is 0.0203. The summed E-state index contributed by atoms with van der Waals surface area (Å²) in [6, 6.07) is 7.43. The number of rotatable bonds is 4. The van der Waals surface area contributed by atoms with Gasteiger partial charge in [0, 0.05) is 25.1 Å². The zero-order valence-corrected chi connectivity index (χ0v) is 21.4. The number of halogens is 4. The average molecular weight is 533 g/mol. The molecule has 11 heteroatoms. The molecular weight excluding hydrogens is 504 g/mol. The summed E-state index contributed by atoms with van der Waals surface area (Å²) >= 11 is 0. The minimum Gasteiger partial charge on any atom is -0.444 e. The van der Waals surface area contributed by atoms with Crippen LogP contribution >= 0.6 is 0 Å². The van der Waals surface area contributed by atoms with E-state index in [0.29, 0.717) is 37.3 Å². The van der Waals surface area contributed by atoms with Crippen molar-refractivity contribution in [3.05, 3.63) is 76.6 Å². The number of piperidine rings is 1. The van der Waals surface area contributed by atoms with E-state index in [1.807, 2.05) is 30.4 Å². The maximum absolute atomic E-state index is 14.3. The highest BCUT2D eigenvalue weighted by Crippen LogP contribution is 2.34. The van der Waals surface area contributed by atoms with Crippen molar-refractivity contribution < 1.29 is 31.9 Å². The molecule has 0 saturated carbocycles. The molecule has 2 heterocycles. The second kappa shape index (κ2) is 10.5. The van der Waals surface area contributed by atoms with Crippen LogP contribution in [0.3, 0.4) is 0 Å². The summed E-state index contributed by atoms with van der Waals surface area (Å²) in [5, 5.41) is 6.34. The van der Waals surface area contributed by atoms with Crippen LogP contribution in [0.4, 0.5) is 28.0 Å². The number of hydrogen-bond donors (Lipinski definition) is 1. The number of benzene rings is 2. The number of nitrogens with zero attached hydrogens (tertiary/aromatic N) is 3. The molecule has 0 unspecified atom stereocenters. The maximum atomic E-state index is 14.3. The van der Waals surface area contributed by atoms with E-state index < -0.39 is 46.6 Å². The highest BCUT2D eigenvalue weighted by atomic mass is 19.2. The van der Waals surface area contributed by atoms with E-state index >= 15 is 0 Å². The molecule has 0 spiro atoms. The van der Waals surface area contributed by atoms with Gasteiger partial charge in [-0.05, 0) is 58.2 Å². The predicted molar refractivity (Wildman–Crippen MR) is 132 cm³/mol. The van der Waals surface area contributed by atoms with Crippen LogP contribution in [0.2, 0.25) is 0 Å². The third-order valence-corrected chi connectivity index (χ3v) is 6.18. The summed E-state index contributed by atoms with van der Waals surface area (Å²) in [5.74, 6) is -7.94. The van der Waals surface area contributed by atoms with E-state index in [0.717, 1.165) is 5.56 Å². The zero-order chi connectivity index (χ0) is 27.8. The normalized spacial score (nSPS) is 14.5. The van der Waals surface area contributed by atoms with E-state index in [1.54, 1.807) is 36.4 Å². The molecule has 1 aliphatic heterocycles. The Morgan fingerprint density at radius 1 is 1.03 bits per heavy atom. The summed E-state index contributed by atoms with van der Waals surface area (Å²) in [4.78, 5) is 27.3. The molecule has 1 fully saturated rings. The van der Waals surface area contributed by atoms with Crippen LogP contribution in [-0.4, -0.2) is 45.4 Å². The smallest absolute Gasteiger partial charge is 0.410 e. The minimum atomic E-state index is -1.71. The molecule has 202 valence electrons. The molecule has 2 aromatic carbocycles. The Morgan fingerprint density at radius 2 is 1.66 bits per heavy atom. The average Bonchev–Trinajstić information content (AvgIpc) is 3.30. The maximum Gasteiger partial charge on any atom is 0.410 e. The van der Waals surface area contributed by atoms with Gasteiger partial charge in [0.15, 0.2) is 23.3 Å². The quantitative estimate of drug-likeness (QED) is 0.325. The van der Waals surface area contributed by atoms with Gasteiger partial charge in [0.05, 0.1) is 23.1 Å². The number of aryl methyl sites for hydroxylation is 1. The molecule has 1 N–H and O–H groups in total. The van der Waals surface area contributed by atoms with E-state index in [2.05, 4.69) is 5.10 Å². The summed E-state index contributed by atoms with van der Waals surface area (Å²) in [7, 11) is 0. The Balaban J connectivity index is 1.67. The second-order valence-electron chi connectivity index (χ2n) is 10.2. The minimum absolute atomic E-state index is 0.00862. The molecule has 1 aromatic heterocycles. The van der Waals surface area contributed by atoms with Gasteiger partial charge in [0.1, 0.15) is 11.3 Å². The van der Waals surface area contributed by atoms with Crippen LogP contribution in [-0.2, 0) is 4.74 Å². The topological polar surface area (TPSA) is 76.5 Å². The van der Waals surface area contributed by atoms with Gasteiger partial charge in [0.2, 0.25) is 0 Å². The van der Waals surface area contributed by atoms with Gasteiger partial charge >= 0.3 is 6.09 Å². The largest absolute Gasteiger partial charge is 0.444 e. The monoisotopic (exact) mass is 532 g/mol. The first-order chi connectivity index (χ1) is 17.9. The van der Waals surface area contributed by atoms with Crippen molar-refractivity contribution in [2.45, 2.75) is 52.1 Å². The van der Waals surface area contributed by atoms with Gasteiger partial charge in [-0.1, -0.05) is 12.1 Å². The predicted octanol–water partition coefficient (Wildman–Crippen LogP) is 6.10. The van der Waals surface area contributed by atoms with Gasteiger partial charge in [-0.3, -0.25) is 4.79 Å². The lowest BCUT2D eigenvalue weighted by atomic mass is 9.90. The van der Waals surface area contributed by atoms with Crippen LogP contribution < -0.4 is 5.32 Å². The van der Waals surface area contributed by atoms with E-state index in [4.69, 9.17) is 4.74 Å². The third kappa shape index (κ3) is 5.66. The first kappa shape index (κ1) is 27.2. The van der Waals surface area contributed by atoms with E-state index in [1.165, 1.54) is 6.20 Å². The first-order valence-electron chi connectivity index (χ1n) is 12.1. The molecule has 0 atom stereocenters. The Morgan fingerprint density at radius 3 is 2.24 bits per heavy atom. The Kier molecular flexibility index (Phi) is 7.48. The fourth-order valence-corrected chi connectivity index (χ4v) is 4.42. The standard InChI is InChI=1S/C27H28F4N4O3/c1-15-6-5-7-17(12-15)35-24(16-8-10-34(11-9-16)26(37)38-27(2,3)4)18(14-32-35)25(36)33-23-21(30)19(28)13-20(29)22(23)31/h5-7,12-14,16H,8-11H2,1-4H3,(H,33,36). The number of anilines is 1. The highest BCUT2D eigenvalue weighted by molar-refractivity contribution is 6.05. The molecule has 1 aliphatic rings. The molecule has 1 saturated heterocycles. The molecule has 0 aliphatic carbocycles. The lowest BCUT2D eigenvalue weighted by Gasteiger charge is -2.34. The summed E-state index contributed by atoms with van der Waals surface area (Å²) in [6.45, 7) is 7.91. The Labute approximate surface area is 217 Å². The molecule has 4 rings (SSSR count). The SMILES string of the molecule is Cc1cccc(-n2ncc(C(=O)Nc3c(F)c(F)cc(F)c3F)c2C2CCN(C(=O)OC(C)(C)C)CC2)c1. The Bertz CT molecular complexity index is 1350. The molecule has 0 radical (unpaired) electrons. The van der Waals surface area contributed by atoms with Crippen LogP contribution in [0.1, 0.15) is 61.1 Å². The van der Waals surface area contributed by atoms with Crippen LogP contribution in [0, 0.1) is 30.2 Å². The van der Waals surface area contributed by atoms with Crippen molar-refractivity contribution in [3.8, 4) is 5.69 Å².